The van der Waals surface area contributed by atoms with Crippen molar-refractivity contribution in [2.45, 2.75) is 57.3 Å². The normalized spacial score (nSPS) is 19.7. The van der Waals surface area contributed by atoms with Gasteiger partial charge < -0.3 is 29.1 Å². The lowest BCUT2D eigenvalue weighted by atomic mass is 9.94. The fraction of sp³-hybridized carbons (Fsp3) is 0.536. The molecular weight excluding hydrogens is 593 g/mol. The van der Waals surface area contributed by atoms with E-state index in [0.29, 0.717) is 44.2 Å². The Morgan fingerprint density at radius 3 is 2.39 bits per heavy atom. The quantitative estimate of drug-likeness (QED) is 0.362. The van der Waals surface area contributed by atoms with Crippen LogP contribution in [0.3, 0.4) is 0 Å². The van der Waals surface area contributed by atoms with E-state index in [1.807, 2.05) is 0 Å². The Labute approximate surface area is 249 Å². The molecule has 2 atom stereocenters. The highest BCUT2D eigenvalue weighted by Crippen LogP contribution is 2.33. The predicted octanol–water partition coefficient (Wildman–Crippen LogP) is 4.95. The van der Waals surface area contributed by atoms with E-state index < -0.39 is 47.4 Å². The van der Waals surface area contributed by atoms with Gasteiger partial charge in [-0.1, -0.05) is 0 Å². The number of nitrogens with one attached hydrogen (secondary N) is 1. The van der Waals surface area contributed by atoms with Gasteiger partial charge in [0.2, 0.25) is 5.95 Å². The number of carbonyl (C=O) groups excluding carboxylic acids is 1. The number of piperidine rings is 1. The number of aromatic nitrogens is 4. The number of rotatable bonds is 7. The van der Waals surface area contributed by atoms with Crippen LogP contribution in [0.2, 0.25) is 0 Å². The van der Waals surface area contributed by atoms with Crippen molar-refractivity contribution in [1.82, 2.24) is 25.4 Å². The smallest absolute Gasteiger partial charge is 0.471 e. The lowest BCUT2D eigenvalue weighted by Gasteiger charge is -2.30. The minimum atomic E-state index is -4.69. The Hall–Kier alpha value is -4.24. The van der Waals surface area contributed by atoms with Crippen LogP contribution in [0, 0.1) is 17.6 Å². The zero-order valence-electron chi connectivity index (χ0n) is 24.3. The molecule has 16 heteroatoms. The van der Waals surface area contributed by atoms with Gasteiger partial charge in [-0.2, -0.15) is 18.2 Å². The van der Waals surface area contributed by atoms with E-state index in [1.165, 1.54) is 12.4 Å². The van der Waals surface area contributed by atoms with Crippen LogP contribution in [0.5, 0.6) is 5.75 Å². The second-order valence-corrected chi connectivity index (χ2v) is 11.8. The summed E-state index contributed by atoms with van der Waals surface area (Å²) in [6.45, 7) is 6.86. The molecule has 1 N–H and O–H groups in total. The lowest BCUT2D eigenvalue weighted by molar-refractivity contribution is -0.159. The van der Waals surface area contributed by atoms with Crippen LogP contribution in [0.4, 0.5) is 38.6 Å². The van der Waals surface area contributed by atoms with E-state index in [0.717, 1.165) is 18.2 Å². The fourth-order valence-corrected chi connectivity index (χ4v) is 5.21. The maximum atomic E-state index is 14.7. The number of anilines is 2. The zero-order valence-corrected chi connectivity index (χ0v) is 24.3. The molecule has 0 unspecified atom stereocenters. The Morgan fingerprint density at radius 2 is 1.75 bits per heavy atom. The van der Waals surface area contributed by atoms with Gasteiger partial charge in [-0.05, 0) is 68.4 Å². The summed E-state index contributed by atoms with van der Waals surface area (Å²) in [7, 11) is 0. The van der Waals surface area contributed by atoms with Crippen molar-refractivity contribution in [3.8, 4) is 5.75 Å². The van der Waals surface area contributed by atoms with Crippen molar-refractivity contribution in [3.63, 3.8) is 0 Å². The third-order valence-corrected chi connectivity index (χ3v) is 7.32. The van der Waals surface area contributed by atoms with E-state index in [9.17, 15) is 26.7 Å². The molecule has 5 rings (SSSR count). The van der Waals surface area contributed by atoms with Crippen LogP contribution in [-0.2, 0) is 10.9 Å². The molecule has 0 spiro atoms. The first kappa shape index (κ1) is 31.2. The lowest BCUT2D eigenvalue weighted by Crippen LogP contribution is -2.43. The number of hydrogen-bond donors (Lipinski definition) is 1. The van der Waals surface area contributed by atoms with E-state index >= 15 is 0 Å². The molecule has 44 heavy (non-hydrogen) atoms. The second kappa shape index (κ2) is 12.4. The SMILES string of the molecule is CC(C)(C)OC(=O)N[C@H]1CN(c2ncc(OCC3CCN(c4noc(C(F)(F)F)n4)CC3)cn2)C[C@@H]1c1cc(F)ccc1F. The van der Waals surface area contributed by atoms with Crippen molar-refractivity contribution in [2.24, 2.45) is 5.92 Å². The average Bonchev–Trinajstić information content (AvgIpc) is 3.61. The maximum absolute atomic E-state index is 14.7. The summed E-state index contributed by atoms with van der Waals surface area (Å²) in [4.78, 5) is 28.2. The number of amides is 1. The number of halogens is 5. The maximum Gasteiger partial charge on any atom is 0.471 e. The molecule has 3 aromatic rings. The van der Waals surface area contributed by atoms with E-state index in [-0.39, 0.29) is 30.5 Å². The average molecular weight is 626 g/mol. The van der Waals surface area contributed by atoms with Gasteiger partial charge in [-0.3, -0.25) is 0 Å². The standard InChI is InChI=1S/C28H32F5N7O4/c1-27(2,3)43-26(41)36-22-14-40(13-20(22)19-10-17(29)4-5-21(19)30)24-34-11-18(12-35-24)42-15-16-6-8-39(9-7-16)25-37-23(44-38-25)28(31,32)33/h4-5,10-12,16,20,22H,6-9,13-15H2,1-3H3,(H,36,41)/t20-,22+/m1/s1. The molecule has 2 aliphatic rings. The van der Waals surface area contributed by atoms with Gasteiger partial charge in [0, 0.05) is 32.1 Å². The van der Waals surface area contributed by atoms with E-state index in [2.05, 4.69) is 29.9 Å². The fourth-order valence-electron chi connectivity index (χ4n) is 5.21. The number of ether oxygens (including phenoxy) is 2. The molecule has 1 aromatic carbocycles. The molecule has 1 amide bonds. The van der Waals surface area contributed by atoms with Gasteiger partial charge in [-0.15, -0.1) is 0 Å². The summed E-state index contributed by atoms with van der Waals surface area (Å²) in [6, 6.07) is 2.60. The minimum Gasteiger partial charge on any atom is -0.490 e. The summed E-state index contributed by atoms with van der Waals surface area (Å²) in [5.41, 5.74) is -0.619. The topological polar surface area (TPSA) is 119 Å². The van der Waals surface area contributed by atoms with Crippen LogP contribution in [0.25, 0.3) is 0 Å². The van der Waals surface area contributed by atoms with Gasteiger partial charge in [0.05, 0.1) is 25.0 Å². The molecule has 238 valence electrons. The van der Waals surface area contributed by atoms with E-state index in [4.69, 9.17) is 9.47 Å². The molecule has 2 aromatic heterocycles. The van der Waals surface area contributed by atoms with Crippen LogP contribution in [0.15, 0.2) is 35.1 Å². The van der Waals surface area contributed by atoms with Crippen molar-refractivity contribution < 1.29 is 40.7 Å². The van der Waals surface area contributed by atoms with Crippen molar-refractivity contribution in [1.29, 1.82) is 0 Å². The molecule has 0 aliphatic carbocycles. The summed E-state index contributed by atoms with van der Waals surface area (Å²) in [5, 5.41) is 6.22. The molecule has 11 nitrogen and oxygen atoms in total. The van der Waals surface area contributed by atoms with Crippen molar-refractivity contribution in [3.05, 3.63) is 53.7 Å². The third kappa shape index (κ3) is 7.63. The monoisotopic (exact) mass is 625 g/mol. The number of benzene rings is 1. The van der Waals surface area contributed by atoms with E-state index in [1.54, 1.807) is 30.6 Å². The summed E-state index contributed by atoms with van der Waals surface area (Å²) < 4.78 is 82.6. The zero-order chi connectivity index (χ0) is 31.6. The van der Waals surface area contributed by atoms with Crippen LogP contribution < -0.4 is 19.9 Å². The Balaban J connectivity index is 1.17. The van der Waals surface area contributed by atoms with Crippen LogP contribution in [-0.4, -0.2) is 70.6 Å². The largest absolute Gasteiger partial charge is 0.490 e. The molecule has 0 bridgehead atoms. The Morgan fingerprint density at radius 1 is 1.05 bits per heavy atom. The molecule has 2 aliphatic heterocycles. The second-order valence-electron chi connectivity index (χ2n) is 11.8. The molecular formula is C28H32F5N7O4. The third-order valence-electron chi connectivity index (χ3n) is 7.32. The molecule has 4 heterocycles. The molecule has 0 saturated carbocycles. The molecule has 2 saturated heterocycles. The summed E-state index contributed by atoms with van der Waals surface area (Å²) >= 11 is 0. The van der Waals surface area contributed by atoms with Gasteiger partial charge in [0.1, 0.15) is 17.2 Å². The van der Waals surface area contributed by atoms with Crippen molar-refractivity contribution in [2.75, 3.05) is 42.6 Å². The number of alkyl halides is 3. The van der Waals surface area contributed by atoms with Crippen LogP contribution in [0.1, 0.15) is 51.0 Å². The first-order chi connectivity index (χ1) is 20.7. The number of hydrogen-bond acceptors (Lipinski definition) is 10. The summed E-state index contributed by atoms with van der Waals surface area (Å²) in [5.74, 6) is -2.37. The number of nitrogens with zero attached hydrogens (tertiary/aromatic N) is 6. The molecule has 2 fully saturated rings. The minimum absolute atomic E-state index is 0.0893. The van der Waals surface area contributed by atoms with Gasteiger partial charge >= 0.3 is 18.2 Å². The van der Waals surface area contributed by atoms with Crippen LogP contribution >= 0.6 is 0 Å². The number of carbonyl (C=O) groups is 1. The van der Waals surface area contributed by atoms with Gasteiger partial charge in [0.25, 0.3) is 5.95 Å². The highest BCUT2D eigenvalue weighted by atomic mass is 19.4. The Kier molecular flexibility index (Phi) is 8.79. The Bertz CT molecular complexity index is 1440. The predicted molar refractivity (Wildman–Crippen MR) is 146 cm³/mol. The van der Waals surface area contributed by atoms with Gasteiger partial charge in [0.15, 0.2) is 5.75 Å². The molecule has 0 radical (unpaired) electrons. The summed E-state index contributed by atoms with van der Waals surface area (Å²) in [6.07, 6.45) is -1.07. The number of alkyl carbamates (subject to hydrolysis) is 1. The first-order valence-corrected chi connectivity index (χ1v) is 14.1. The van der Waals surface area contributed by atoms with Crippen molar-refractivity contribution >= 4 is 18.0 Å². The first-order valence-electron chi connectivity index (χ1n) is 14.1. The van der Waals surface area contributed by atoms with Gasteiger partial charge in [-0.25, -0.2) is 23.5 Å². The highest BCUT2D eigenvalue weighted by Gasteiger charge is 2.40. The highest BCUT2D eigenvalue weighted by molar-refractivity contribution is 5.68.